The minimum atomic E-state index is -1.21. The number of methoxy groups -OCH3 is 1. The third kappa shape index (κ3) is 8.59. The average Bonchev–Trinajstić information content (AvgIpc) is 4.02. The van der Waals surface area contributed by atoms with Crippen LogP contribution in [0.3, 0.4) is 0 Å². The van der Waals surface area contributed by atoms with E-state index in [-0.39, 0.29) is 47.6 Å². The van der Waals surface area contributed by atoms with E-state index in [0.29, 0.717) is 18.9 Å². The zero-order valence-electron chi connectivity index (χ0n) is 35.6. The molecule has 3 aromatic carbocycles. The van der Waals surface area contributed by atoms with Gasteiger partial charge < -0.3 is 40.2 Å². The van der Waals surface area contributed by atoms with Crippen LogP contribution >= 0.6 is 0 Å². The molecule has 2 saturated heterocycles. The highest BCUT2D eigenvalue weighted by molar-refractivity contribution is 5.88. The van der Waals surface area contributed by atoms with Crippen LogP contribution in [0.5, 0.6) is 0 Å². The number of hydrogen-bond acceptors (Lipinski definition) is 7. The number of amides is 4. The summed E-state index contributed by atoms with van der Waals surface area (Å²) in [4.78, 5) is 71.4. The van der Waals surface area contributed by atoms with E-state index in [1.165, 1.54) is 7.11 Å². The van der Waals surface area contributed by atoms with Gasteiger partial charge in [-0.05, 0) is 77.8 Å². The molecule has 2 aliphatic rings. The van der Waals surface area contributed by atoms with Gasteiger partial charge in [-0.3, -0.25) is 9.59 Å². The molecular weight excluding hydrogens is 761 g/mol. The molecule has 4 amide bonds. The fraction of sp³-hybridized carbons (Fsp3) is 0.435. The first kappa shape index (κ1) is 42.0. The summed E-state index contributed by atoms with van der Waals surface area (Å²) in [6, 6.07) is 20.8. The smallest absolute Gasteiger partial charge is 0.407 e. The number of fused-ring (bicyclic) bond motifs is 1. The number of benzene rings is 3. The molecule has 14 nitrogen and oxygen atoms in total. The van der Waals surface area contributed by atoms with Crippen molar-refractivity contribution in [3.8, 4) is 33.5 Å². The zero-order chi connectivity index (χ0) is 43.0. The molecule has 2 fully saturated rings. The van der Waals surface area contributed by atoms with Crippen LogP contribution in [-0.2, 0) is 14.3 Å². The lowest BCUT2D eigenvalue weighted by Gasteiger charge is -2.30. The quantitative estimate of drug-likeness (QED) is 0.0886. The third-order valence-corrected chi connectivity index (χ3v) is 11.9. The molecule has 2 aromatic heterocycles. The van der Waals surface area contributed by atoms with E-state index in [1.807, 2.05) is 45.6 Å². The molecule has 0 saturated carbocycles. The molecule has 0 bridgehead atoms. The number of nitrogens with one attached hydrogen (secondary N) is 4. The van der Waals surface area contributed by atoms with Crippen LogP contribution in [0, 0.1) is 30.6 Å². The first-order valence-electron chi connectivity index (χ1n) is 20.8. The molecule has 316 valence electrons. The molecule has 0 aliphatic carbocycles. The van der Waals surface area contributed by atoms with Gasteiger partial charge in [-0.25, -0.2) is 19.6 Å². The van der Waals surface area contributed by atoms with E-state index >= 15 is 0 Å². The van der Waals surface area contributed by atoms with E-state index < -0.39 is 24.3 Å². The Hall–Kier alpha value is -6.18. The molecule has 0 spiro atoms. The lowest BCUT2D eigenvalue weighted by molar-refractivity contribution is -0.136. The van der Waals surface area contributed by atoms with Crippen LogP contribution in [0.4, 0.5) is 9.59 Å². The Kier molecular flexibility index (Phi) is 12.0. The normalized spacial score (nSPS) is 20.2. The second-order valence-corrected chi connectivity index (χ2v) is 17.3. The second kappa shape index (κ2) is 17.2. The predicted molar refractivity (Wildman–Crippen MR) is 230 cm³/mol. The van der Waals surface area contributed by atoms with Crippen molar-refractivity contribution in [2.45, 2.75) is 85.5 Å². The number of carbonyl (C=O) groups is 4. The molecule has 5 N–H and O–H groups in total. The summed E-state index contributed by atoms with van der Waals surface area (Å²) in [5, 5.41) is 14.5. The fourth-order valence-corrected chi connectivity index (χ4v) is 8.77. The summed E-state index contributed by atoms with van der Waals surface area (Å²) in [7, 11) is 1.29. The number of alkyl carbamates (subject to hydrolysis) is 1. The van der Waals surface area contributed by atoms with Gasteiger partial charge in [0, 0.05) is 24.3 Å². The van der Waals surface area contributed by atoms with E-state index in [0.717, 1.165) is 68.9 Å². The van der Waals surface area contributed by atoms with Gasteiger partial charge in [-0.1, -0.05) is 96.1 Å². The number of H-pyrrole nitrogens is 2. The highest BCUT2D eigenvalue weighted by Crippen LogP contribution is 2.38. The van der Waals surface area contributed by atoms with Crippen molar-refractivity contribution in [3.63, 3.8) is 0 Å². The average molecular weight is 817 g/mol. The number of ether oxygens (including phenoxy) is 1. The van der Waals surface area contributed by atoms with Crippen molar-refractivity contribution >= 4 is 35.0 Å². The van der Waals surface area contributed by atoms with Crippen LogP contribution in [0.2, 0.25) is 0 Å². The van der Waals surface area contributed by atoms with Crippen molar-refractivity contribution in [1.29, 1.82) is 0 Å². The molecule has 7 rings (SSSR count). The zero-order valence-corrected chi connectivity index (χ0v) is 35.6. The molecule has 4 heterocycles. The molecule has 2 aliphatic heterocycles. The number of nitrogens with zero attached hydrogens (tertiary/aromatic N) is 4. The molecule has 5 aromatic rings. The van der Waals surface area contributed by atoms with E-state index in [1.54, 1.807) is 4.90 Å². The monoisotopic (exact) mass is 816 g/mol. The van der Waals surface area contributed by atoms with Crippen molar-refractivity contribution in [3.05, 3.63) is 84.1 Å². The lowest BCUT2D eigenvalue weighted by Crippen LogP contribution is -2.51. The van der Waals surface area contributed by atoms with E-state index in [2.05, 4.69) is 95.1 Å². The predicted octanol–water partition coefficient (Wildman–Crippen LogP) is 8.09. The maximum atomic E-state index is 13.8. The topological polar surface area (TPSA) is 186 Å². The number of carboxylic acid groups (broad SMARTS) is 1. The minimum Gasteiger partial charge on any atom is -0.465 e. The first-order chi connectivity index (χ1) is 28.6. The summed E-state index contributed by atoms with van der Waals surface area (Å²) in [5.74, 6) is 1.27. The molecule has 60 heavy (non-hydrogen) atoms. The molecule has 0 unspecified atom stereocenters. The van der Waals surface area contributed by atoms with Crippen LogP contribution < -0.4 is 10.6 Å². The Morgan fingerprint density at radius 1 is 0.700 bits per heavy atom. The minimum absolute atomic E-state index is 0.119. The van der Waals surface area contributed by atoms with Crippen molar-refractivity contribution in [1.82, 2.24) is 40.4 Å². The highest BCUT2D eigenvalue weighted by Gasteiger charge is 2.41. The number of carbonyl (C=O) groups excluding carboxylic acids is 3. The summed E-state index contributed by atoms with van der Waals surface area (Å²) in [6.45, 7) is 14.8. The van der Waals surface area contributed by atoms with Crippen LogP contribution in [0.1, 0.15) is 83.8 Å². The maximum Gasteiger partial charge on any atom is 0.407 e. The van der Waals surface area contributed by atoms with Gasteiger partial charge in [-0.15, -0.1) is 0 Å². The number of aryl methyl sites for hydroxylation is 1. The van der Waals surface area contributed by atoms with Gasteiger partial charge >= 0.3 is 12.2 Å². The van der Waals surface area contributed by atoms with Crippen LogP contribution in [0.25, 0.3) is 44.5 Å². The summed E-state index contributed by atoms with van der Waals surface area (Å²) in [5.41, 5.74) is 8.60. The Balaban J connectivity index is 1.05. The Bertz CT molecular complexity index is 2370. The van der Waals surface area contributed by atoms with Crippen molar-refractivity contribution in [2.24, 2.45) is 23.7 Å². The van der Waals surface area contributed by atoms with Crippen LogP contribution in [0.15, 0.2) is 66.7 Å². The van der Waals surface area contributed by atoms with Crippen molar-refractivity contribution in [2.75, 3.05) is 20.2 Å². The SMILES string of the molecule is COC(=O)N[C@H](C(=O)N1C[C@@H](C)C[C@H]1c1nc2ccc(-c3ccc(-c4ccc(-c5nc([C@@H]6C[C@H](C)CN6C(=O)[C@@H](NC(=O)O)C(C)C)[nH]c5C)cc4)cc3)cc2[nH]1)C(C)C. The lowest BCUT2D eigenvalue weighted by atomic mass is 9.99. The summed E-state index contributed by atoms with van der Waals surface area (Å²) < 4.78 is 4.79. The third-order valence-electron chi connectivity index (χ3n) is 11.9. The number of rotatable bonds is 11. The van der Waals surface area contributed by atoms with E-state index in [4.69, 9.17) is 14.7 Å². The Labute approximate surface area is 350 Å². The molecule has 0 radical (unpaired) electrons. The fourth-order valence-electron chi connectivity index (χ4n) is 8.77. The van der Waals surface area contributed by atoms with Gasteiger partial charge in [0.05, 0.1) is 35.9 Å². The Morgan fingerprint density at radius 2 is 1.17 bits per heavy atom. The van der Waals surface area contributed by atoms with Crippen molar-refractivity contribution < 1.29 is 29.0 Å². The number of imidazole rings is 2. The van der Waals surface area contributed by atoms with Crippen LogP contribution in [-0.4, -0.2) is 91.1 Å². The number of hydrogen-bond donors (Lipinski definition) is 5. The van der Waals surface area contributed by atoms with Gasteiger partial charge in [0.2, 0.25) is 11.8 Å². The number of aromatic amines is 2. The van der Waals surface area contributed by atoms with Gasteiger partial charge in [0.15, 0.2) is 0 Å². The van der Waals surface area contributed by atoms with Gasteiger partial charge in [-0.2, -0.15) is 0 Å². The molecular formula is C46H56N8O6. The van der Waals surface area contributed by atoms with E-state index in [9.17, 15) is 24.3 Å². The molecule has 14 heteroatoms. The summed E-state index contributed by atoms with van der Waals surface area (Å²) >= 11 is 0. The molecule has 6 atom stereocenters. The Morgan fingerprint density at radius 3 is 1.67 bits per heavy atom. The maximum absolute atomic E-state index is 13.8. The number of aromatic nitrogens is 4. The van der Waals surface area contributed by atoms with Gasteiger partial charge in [0.1, 0.15) is 23.7 Å². The van der Waals surface area contributed by atoms with Gasteiger partial charge in [0.25, 0.3) is 0 Å². The number of likely N-dealkylation sites (tertiary alicyclic amines) is 2. The first-order valence-corrected chi connectivity index (χ1v) is 20.8. The summed E-state index contributed by atoms with van der Waals surface area (Å²) in [6.07, 6.45) is -0.338. The highest BCUT2D eigenvalue weighted by atomic mass is 16.5. The second-order valence-electron chi connectivity index (χ2n) is 17.3. The largest absolute Gasteiger partial charge is 0.465 e. The standard InChI is InChI=1S/C46H56N8O6/c1-24(2)38(51-45(57)58)43(55)53-22-26(5)19-36(53)41-47-28(7)40(50-41)32-15-13-30(14-16-32)29-9-11-31(12-10-29)33-17-18-34-35(21-33)49-42(48-34)37-20-27(6)23-54(37)44(56)39(25(3)4)52-46(59)60-8/h9-18,21,24-27,36-39,51H,19-20,22-23H2,1-8H3,(H,47,50)(H,48,49)(H,52,59)(H,57,58)/t26-,27-,36-,37-,38-,39-/m0/s1.